The fraction of sp³-hybridized carbons (Fsp3) is 0.429. The Morgan fingerprint density at radius 3 is 2.58 bits per heavy atom. The van der Waals surface area contributed by atoms with Crippen molar-refractivity contribution >= 4 is 23.2 Å². The molecule has 2 aromatic rings. The summed E-state index contributed by atoms with van der Waals surface area (Å²) in [6.45, 7) is 6.53. The molecule has 0 aliphatic heterocycles. The van der Waals surface area contributed by atoms with E-state index in [9.17, 15) is 18.4 Å². The second-order valence-corrected chi connectivity index (χ2v) is 7.23. The van der Waals surface area contributed by atoms with Crippen LogP contribution in [-0.2, 0) is 16.8 Å². The molecule has 2 N–H and O–H groups in total. The van der Waals surface area contributed by atoms with Gasteiger partial charge in [-0.1, -0.05) is 26.0 Å². The molecule has 0 unspecified atom stereocenters. The average molecular weight is 357 g/mol. The molecule has 0 fully saturated rings. The number of aromatic nitrogens is 3. The number of hydrogen-bond acceptors (Lipinski definition) is 5. The minimum Gasteiger partial charge on any atom is -0.267 e. The SMILES string of the molecule is CC(C)(C)c1cn(Cc2ccc(C(=O)NNC(=O)C(F)F)s2)nn1. The number of nitrogens with one attached hydrogen (secondary N) is 2. The summed E-state index contributed by atoms with van der Waals surface area (Å²) in [4.78, 5) is 23.6. The minimum absolute atomic E-state index is 0.109. The molecule has 0 atom stereocenters. The summed E-state index contributed by atoms with van der Waals surface area (Å²) in [7, 11) is 0. The molecule has 0 spiro atoms. The van der Waals surface area contributed by atoms with Crippen molar-refractivity contribution in [2.24, 2.45) is 0 Å². The van der Waals surface area contributed by atoms with E-state index in [1.165, 1.54) is 11.3 Å². The highest BCUT2D eigenvalue weighted by atomic mass is 32.1. The number of hydrogen-bond donors (Lipinski definition) is 2. The normalized spacial score (nSPS) is 11.6. The molecule has 2 rings (SSSR count). The molecule has 0 aliphatic carbocycles. The van der Waals surface area contributed by atoms with Crippen LogP contribution in [0.3, 0.4) is 0 Å². The first-order chi connectivity index (χ1) is 11.2. The van der Waals surface area contributed by atoms with Crippen LogP contribution in [0.4, 0.5) is 8.78 Å². The third kappa shape index (κ3) is 4.57. The van der Waals surface area contributed by atoms with E-state index in [-0.39, 0.29) is 10.3 Å². The lowest BCUT2D eigenvalue weighted by Crippen LogP contribution is -2.44. The summed E-state index contributed by atoms with van der Waals surface area (Å²) in [6.07, 6.45) is -1.35. The lowest BCUT2D eigenvalue weighted by molar-refractivity contribution is -0.132. The van der Waals surface area contributed by atoms with E-state index in [4.69, 9.17) is 0 Å². The molecule has 0 saturated carbocycles. The van der Waals surface area contributed by atoms with Crippen LogP contribution in [0.25, 0.3) is 0 Å². The van der Waals surface area contributed by atoms with Crippen LogP contribution in [0.2, 0.25) is 0 Å². The highest BCUT2D eigenvalue weighted by molar-refractivity contribution is 7.14. The van der Waals surface area contributed by atoms with E-state index in [0.29, 0.717) is 6.54 Å². The van der Waals surface area contributed by atoms with Crippen LogP contribution in [0.1, 0.15) is 41.0 Å². The second kappa shape index (κ2) is 7.04. The van der Waals surface area contributed by atoms with Gasteiger partial charge in [-0.05, 0) is 12.1 Å². The van der Waals surface area contributed by atoms with Gasteiger partial charge < -0.3 is 0 Å². The van der Waals surface area contributed by atoms with Crippen molar-refractivity contribution in [3.05, 3.63) is 33.8 Å². The highest BCUT2D eigenvalue weighted by Gasteiger charge is 2.19. The first-order valence-corrected chi connectivity index (χ1v) is 7.86. The van der Waals surface area contributed by atoms with E-state index >= 15 is 0 Å². The molecule has 0 radical (unpaired) electrons. The quantitative estimate of drug-likeness (QED) is 0.816. The van der Waals surface area contributed by atoms with Gasteiger partial charge in [0.1, 0.15) is 0 Å². The molecule has 0 bridgehead atoms. The van der Waals surface area contributed by atoms with Gasteiger partial charge in [-0.15, -0.1) is 16.4 Å². The topological polar surface area (TPSA) is 88.9 Å². The summed E-state index contributed by atoms with van der Waals surface area (Å²) >= 11 is 1.17. The Labute approximate surface area is 141 Å². The van der Waals surface area contributed by atoms with Crippen molar-refractivity contribution in [3.8, 4) is 0 Å². The van der Waals surface area contributed by atoms with Crippen LogP contribution in [-0.4, -0.2) is 33.2 Å². The summed E-state index contributed by atoms with van der Waals surface area (Å²) in [5, 5.41) is 8.15. The Balaban J connectivity index is 1.96. The van der Waals surface area contributed by atoms with E-state index in [0.717, 1.165) is 10.6 Å². The van der Waals surface area contributed by atoms with E-state index < -0.39 is 18.2 Å². The average Bonchev–Trinajstić information content (AvgIpc) is 3.13. The first-order valence-electron chi connectivity index (χ1n) is 7.04. The Morgan fingerprint density at radius 1 is 1.29 bits per heavy atom. The molecule has 7 nitrogen and oxygen atoms in total. The maximum atomic E-state index is 12.0. The van der Waals surface area contributed by atoms with Crippen LogP contribution < -0.4 is 10.9 Å². The molecular formula is C14H17F2N5O2S. The number of hydrazine groups is 1. The molecule has 130 valence electrons. The predicted octanol–water partition coefficient (Wildman–Crippen LogP) is 1.71. The van der Waals surface area contributed by atoms with Crippen molar-refractivity contribution in [2.75, 3.05) is 0 Å². The number of thiophene rings is 1. The maximum absolute atomic E-state index is 12.0. The molecule has 0 saturated heterocycles. The molecule has 2 aromatic heterocycles. The predicted molar refractivity (Wildman–Crippen MR) is 83.8 cm³/mol. The van der Waals surface area contributed by atoms with Gasteiger partial charge in [-0.2, -0.15) is 8.78 Å². The van der Waals surface area contributed by atoms with Crippen LogP contribution in [0.15, 0.2) is 18.3 Å². The molecule has 0 aromatic carbocycles. The highest BCUT2D eigenvalue weighted by Crippen LogP contribution is 2.21. The fourth-order valence-electron chi connectivity index (χ4n) is 1.70. The van der Waals surface area contributed by atoms with Crippen molar-refractivity contribution < 1.29 is 18.4 Å². The van der Waals surface area contributed by atoms with Gasteiger partial charge in [-0.3, -0.25) is 20.4 Å². The Bertz CT molecular complexity index is 736. The molecule has 0 aliphatic rings. The van der Waals surface area contributed by atoms with Gasteiger partial charge in [0.15, 0.2) is 0 Å². The van der Waals surface area contributed by atoms with Crippen molar-refractivity contribution in [1.29, 1.82) is 0 Å². The third-order valence-corrected chi connectivity index (χ3v) is 4.08. The lowest BCUT2D eigenvalue weighted by atomic mass is 9.93. The third-order valence-electron chi connectivity index (χ3n) is 3.01. The molecule has 10 heteroatoms. The van der Waals surface area contributed by atoms with Crippen molar-refractivity contribution in [3.63, 3.8) is 0 Å². The number of rotatable bonds is 4. The number of nitrogens with zero attached hydrogens (tertiary/aromatic N) is 3. The van der Waals surface area contributed by atoms with E-state index in [1.807, 2.05) is 32.4 Å². The van der Waals surface area contributed by atoms with Gasteiger partial charge in [0.2, 0.25) is 0 Å². The standard InChI is InChI=1S/C14H17F2N5O2S/c1-14(2,3)10-7-21(20-17-10)6-8-4-5-9(24-8)12(22)18-19-13(23)11(15)16/h4-5,7,11H,6H2,1-3H3,(H,18,22)(H,19,23). The maximum Gasteiger partial charge on any atom is 0.317 e. The zero-order valence-electron chi connectivity index (χ0n) is 13.3. The summed E-state index contributed by atoms with van der Waals surface area (Å²) < 4.78 is 25.7. The number of carbonyl (C=O) groups is 2. The molecule has 24 heavy (non-hydrogen) atoms. The van der Waals surface area contributed by atoms with Gasteiger partial charge in [0.05, 0.1) is 17.1 Å². The first kappa shape index (κ1) is 18.0. The zero-order chi connectivity index (χ0) is 17.9. The number of carbonyl (C=O) groups excluding carboxylic acids is 2. The summed E-state index contributed by atoms with van der Waals surface area (Å²) in [6, 6.07) is 3.28. The van der Waals surface area contributed by atoms with Crippen molar-refractivity contribution in [2.45, 2.75) is 39.2 Å². The van der Waals surface area contributed by atoms with Crippen molar-refractivity contribution in [1.82, 2.24) is 25.8 Å². The molecule has 2 heterocycles. The van der Waals surface area contributed by atoms with E-state index in [1.54, 1.807) is 22.2 Å². The van der Waals surface area contributed by atoms with Gasteiger partial charge in [0, 0.05) is 16.5 Å². The Kier molecular flexibility index (Phi) is 5.27. The van der Waals surface area contributed by atoms with Gasteiger partial charge in [0.25, 0.3) is 5.91 Å². The minimum atomic E-state index is -3.19. The molecule has 2 amide bonds. The van der Waals surface area contributed by atoms with E-state index in [2.05, 4.69) is 10.3 Å². The number of alkyl halides is 2. The Hall–Kier alpha value is -2.36. The summed E-state index contributed by atoms with van der Waals surface area (Å²) in [5.41, 5.74) is 4.33. The van der Waals surface area contributed by atoms with Crippen LogP contribution >= 0.6 is 11.3 Å². The largest absolute Gasteiger partial charge is 0.317 e. The fourth-order valence-corrected chi connectivity index (χ4v) is 2.59. The zero-order valence-corrected chi connectivity index (χ0v) is 14.2. The number of amides is 2. The number of halogens is 2. The van der Waals surface area contributed by atoms with Crippen LogP contribution in [0.5, 0.6) is 0 Å². The lowest BCUT2D eigenvalue weighted by Gasteiger charge is -2.12. The smallest absolute Gasteiger partial charge is 0.267 e. The van der Waals surface area contributed by atoms with Gasteiger partial charge in [-0.25, -0.2) is 4.68 Å². The van der Waals surface area contributed by atoms with Gasteiger partial charge >= 0.3 is 12.3 Å². The van der Waals surface area contributed by atoms with Crippen LogP contribution in [0, 0.1) is 0 Å². The Morgan fingerprint density at radius 2 is 2.00 bits per heavy atom. The summed E-state index contributed by atoms with van der Waals surface area (Å²) in [5.74, 6) is -2.22. The monoisotopic (exact) mass is 357 g/mol. The second-order valence-electron chi connectivity index (χ2n) is 6.06. The molecular weight excluding hydrogens is 340 g/mol.